The van der Waals surface area contributed by atoms with Gasteiger partial charge in [-0.2, -0.15) is 5.10 Å². The number of fused-ring (bicyclic) bond motifs is 1. The molecule has 1 N–H and O–H groups in total. The van der Waals surface area contributed by atoms with Gasteiger partial charge in [0.1, 0.15) is 0 Å². The van der Waals surface area contributed by atoms with E-state index in [1.807, 2.05) is 10.7 Å². The van der Waals surface area contributed by atoms with Crippen LogP contribution in [0.15, 0.2) is 36.5 Å². The number of amides is 1. The Kier molecular flexibility index (Phi) is 8.06. The number of carbonyl (C=O) groups is 1. The molecule has 7 heteroatoms. The molecule has 0 saturated carbocycles. The van der Waals surface area contributed by atoms with Gasteiger partial charge in [0.25, 0.3) is 5.91 Å². The number of piperazine rings is 1. The average Bonchev–Trinajstić information content (AvgIpc) is 3.28. The lowest BCUT2D eigenvalue weighted by molar-refractivity contribution is 0.0954. The molecule has 0 spiro atoms. The lowest BCUT2D eigenvalue weighted by Crippen LogP contribution is -2.46. The highest BCUT2D eigenvalue weighted by Crippen LogP contribution is 2.24. The van der Waals surface area contributed by atoms with E-state index in [0.717, 1.165) is 62.3 Å². The Hall–Kier alpha value is -2.93. The molecule has 1 amide bonds. The predicted molar refractivity (Wildman–Crippen MR) is 143 cm³/mol. The highest BCUT2D eigenvalue weighted by Gasteiger charge is 2.19. The number of rotatable bonds is 9. The summed E-state index contributed by atoms with van der Waals surface area (Å²) in [5.41, 5.74) is 5.04. The summed E-state index contributed by atoms with van der Waals surface area (Å²) >= 11 is 0. The topological polar surface area (TPSA) is 66.3 Å². The van der Waals surface area contributed by atoms with Gasteiger partial charge in [-0.05, 0) is 69.8 Å². The van der Waals surface area contributed by atoms with Gasteiger partial charge in [-0.3, -0.25) is 9.69 Å². The van der Waals surface area contributed by atoms with E-state index in [1.165, 1.54) is 11.3 Å². The smallest absolute Gasteiger partial charge is 0.252 e. The molecular formula is C28H40N6O. The van der Waals surface area contributed by atoms with E-state index in [4.69, 9.17) is 4.98 Å². The summed E-state index contributed by atoms with van der Waals surface area (Å²) in [6, 6.07) is 10.9. The Morgan fingerprint density at radius 2 is 1.83 bits per heavy atom. The zero-order valence-electron chi connectivity index (χ0n) is 21.9. The van der Waals surface area contributed by atoms with E-state index in [0.29, 0.717) is 12.1 Å². The molecule has 0 aliphatic carbocycles. The van der Waals surface area contributed by atoms with Crippen LogP contribution in [-0.2, 0) is 0 Å². The first-order chi connectivity index (χ1) is 16.8. The van der Waals surface area contributed by atoms with Gasteiger partial charge in [0, 0.05) is 50.1 Å². The Bertz CT molecular complexity index is 1140. The maximum atomic E-state index is 13.1. The van der Waals surface area contributed by atoms with Gasteiger partial charge in [-0.25, -0.2) is 9.67 Å². The van der Waals surface area contributed by atoms with E-state index in [2.05, 4.69) is 79.1 Å². The number of nitrogens with one attached hydrogen (secondary N) is 1. The summed E-state index contributed by atoms with van der Waals surface area (Å²) in [7, 11) is 0. The van der Waals surface area contributed by atoms with Crippen LogP contribution in [0.4, 0.5) is 5.69 Å². The minimum atomic E-state index is -0.0330. The van der Waals surface area contributed by atoms with Gasteiger partial charge in [0.2, 0.25) is 0 Å². The number of benzene rings is 1. The monoisotopic (exact) mass is 476 g/mol. The van der Waals surface area contributed by atoms with Crippen molar-refractivity contribution in [1.29, 1.82) is 0 Å². The number of aryl methyl sites for hydroxylation is 1. The van der Waals surface area contributed by atoms with Crippen LogP contribution in [-0.4, -0.2) is 64.8 Å². The van der Waals surface area contributed by atoms with Gasteiger partial charge in [0.05, 0.1) is 17.1 Å². The van der Waals surface area contributed by atoms with Crippen LogP contribution in [0.1, 0.15) is 74.1 Å². The minimum Gasteiger partial charge on any atom is -0.369 e. The lowest BCUT2D eigenvalue weighted by atomic mass is 10.0. The van der Waals surface area contributed by atoms with Gasteiger partial charge >= 0.3 is 0 Å². The van der Waals surface area contributed by atoms with Gasteiger partial charge in [-0.1, -0.05) is 26.0 Å². The fourth-order valence-electron chi connectivity index (χ4n) is 4.71. The molecule has 1 aromatic carbocycles. The van der Waals surface area contributed by atoms with Crippen molar-refractivity contribution >= 4 is 22.6 Å². The Morgan fingerprint density at radius 3 is 2.51 bits per heavy atom. The number of unbranched alkanes of at least 4 members (excludes halogenated alkanes) is 1. The summed E-state index contributed by atoms with van der Waals surface area (Å²) in [6.07, 6.45) is 3.83. The molecule has 2 aromatic heterocycles. The van der Waals surface area contributed by atoms with E-state index in [9.17, 15) is 4.79 Å². The van der Waals surface area contributed by atoms with Crippen LogP contribution < -0.4 is 10.2 Å². The van der Waals surface area contributed by atoms with Crippen LogP contribution in [0.5, 0.6) is 0 Å². The highest BCUT2D eigenvalue weighted by molar-refractivity contribution is 6.05. The van der Waals surface area contributed by atoms with Crippen molar-refractivity contribution in [2.75, 3.05) is 44.2 Å². The van der Waals surface area contributed by atoms with E-state index >= 15 is 0 Å². The van der Waals surface area contributed by atoms with Crippen molar-refractivity contribution in [2.24, 2.45) is 0 Å². The number of aromatic nitrogens is 3. The molecule has 3 aromatic rings. The number of hydrogen-bond donors (Lipinski definition) is 1. The maximum Gasteiger partial charge on any atom is 0.252 e. The standard InChI is InChI=1S/C28H40N6O/c1-20(2)26-18-24(25-19-30-34(21(3)4)27(25)31-26)28(35)29-11-6-7-12-32-13-15-33(16-14-32)23-10-8-9-22(5)17-23/h8-10,17-21H,6-7,11-16H2,1-5H3,(H,29,35). The van der Waals surface area contributed by atoms with Crippen molar-refractivity contribution in [2.45, 2.75) is 59.4 Å². The van der Waals surface area contributed by atoms with Crippen LogP contribution >= 0.6 is 0 Å². The second-order valence-corrected chi connectivity index (χ2v) is 10.3. The zero-order valence-corrected chi connectivity index (χ0v) is 21.9. The summed E-state index contributed by atoms with van der Waals surface area (Å²) in [5.74, 6) is 0.210. The van der Waals surface area contributed by atoms with Crippen molar-refractivity contribution in [3.05, 3.63) is 53.3 Å². The first kappa shape index (κ1) is 25.2. The molecule has 188 valence electrons. The maximum absolute atomic E-state index is 13.1. The molecule has 1 aliphatic heterocycles. The Labute approximate surface area is 209 Å². The molecule has 0 atom stereocenters. The normalized spacial score (nSPS) is 14.9. The molecule has 35 heavy (non-hydrogen) atoms. The predicted octanol–water partition coefficient (Wildman–Crippen LogP) is 4.78. The molecule has 0 unspecified atom stereocenters. The van der Waals surface area contributed by atoms with Crippen LogP contribution in [0.3, 0.4) is 0 Å². The molecule has 7 nitrogen and oxygen atoms in total. The fraction of sp³-hybridized carbons (Fsp3) is 0.536. The number of nitrogens with zero attached hydrogens (tertiary/aromatic N) is 5. The van der Waals surface area contributed by atoms with Crippen LogP contribution in [0, 0.1) is 6.92 Å². The SMILES string of the molecule is Cc1cccc(N2CCN(CCCCNC(=O)c3cc(C(C)C)nc4c3cnn4C(C)C)CC2)c1. The third-order valence-corrected chi connectivity index (χ3v) is 6.84. The largest absolute Gasteiger partial charge is 0.369 e. The van der Waals surface area contributed by atoms with Crippen LogP contribution in [0.25, 0.3) is 11.0 Å². The fourth-order valence-corrected chi connectivity index (χ4v) is 4.71. The number of anilines is 1. The first-order valence-corrected chi connectivity index (χ1v) is 13.0. The molecule has 1 aliphatic rings. The number of pyridine rings is 1. The van der Waals surface area contributed by atoms with Gasteiger partial charge < -0.3 is 10.2 Å². The Morgan fingerprint density at radius 1 is 1.06 bits per heavy atom. The number of hydrogen-bond acceptors (Lipinski definition) is 5. The van der Waals surface area contributed by atoms with Crippen molar-refractivity contribution < 1.29 is 4.79 Å². The van der Waals surface area contributed by atoms with E-state index < -0.39 is 0 Å². The van der Waals surface area contributed by atoms with E-state index in [-0.39, 0.29) is 17.9 Å². The molecular weight excluding hydrogens is 436 g/mol. The van der Waals surface area contributed by atoms with Gasteiger partial charge in [-0.15, -0.1) is 0 Å². The molecule has 4 rings (SSSR count). The quantitative estimate of drug-likeness (QED) is 0.451. The van der Waals surface area contributed by atoms with Crippen molar-refractivity contribution in [3.63, 3.8) is 0 Å². The lowest BCUT2D eigenvalue weighted by Gasteiger charge is -2.36. The molecule has 1 fully saturated rings. The molecule has 0 bridgehead atoms. The average molecular weight is 477 g/mol. The zero-order chi connectivity index (χ0) is 24.9. The Balaban J connectivity index is 1.26. The minimum absolute atomic E-state index is 0.0330. The summed E-state index contributed by atoms with van der Waals surface area (Å²) < 4.78 is 1.90. The summed E-state index contributed by atoms with van der Waals surface area (Å²) in [6.45, 7) is 16.6. The summed E-state index contributed by atoms with van der Waals surface area (Å²) in [5, 5.41) is 8.46. The van der Waals surface area contributed by atoms with Crippen LogP contribution in [0.2, 0.25) is 0 Å². The molecule has 3 heterocycles. The third-order valence-electron chi connectivity index (χ3n) is 6.84. The van der Waals surface area contributed by atoms with Crippen molar-refractivity contribution in [1.82, 2.24) is 25.0 Å². The highest BCUT2D eigenvalue weighted by atomic mass is 16.1. The second kappa shape index (κ2) is 11.2. The molecule has 0 radical (unpaired) electrons. The molecule has 1 saturated heterocycles. The number of carbonyl (C=O) groups excluding carboxylic acids is 1. The third kappa shape index (κ3) is 6.01. The van der Waals surface area contributed by atoms with E-state index in [1.54, 1.807) is 6.20 Å². The second-order valence-electron chi connectivity index (χ2n) is 10.3. The van der Waals surface area contributed by atoms with Gasteiger partial charge in [0.15, 0.2) is 5.65 Å². The summed E-state index contributed by atoms with van der Waals surface area (Å²) in [4.78, 5) is 22.9. The first-order valence-electron chi connectivity index (χ1n) is 13.0. The van der Waals surface area contributed by atoms with Crippen molar-refractivity contribution in [3.8, 4) is 0 Å².